The molecule has 3 heteroatoms. The Labute approximate surface area is 370 Å². The van der Waals surface area contributed by atoms with Gasteiger partial charge in [-0.3, -0.25) is 0 Å². The number of nitrogens with zero attached hydrogens (tertiary/aromatic N) is 2. The zero-order valence-corrected chi connectivity index (χ0v) is 35.2. The number of hydrogen-bond donors (Lipinski definition) is 0. The lowest BCUT2D eigenvalue weighted by Gasteiger charge is -2.28. The second-order valence-corrected chi connectivity index (χ2v) is 17.2. The molecule has 0 fully saturated rings. The van der Waals surface area contributed by atoms with E-state index < -0.39 is 0 Å². The van der Waals surface area contributed by atoms with Gasteiger partial charge in [-0.05, 0) is 99.6 Å². The average Bonchev–Trinajstić information content (AvgIpc) is 3.91. The van der Waals surface area contributed by atoms with Crippen molar-refractivity contribution >= 4 is 70.4 Å². The number of benzene rings is 10. The Kier molecular flexibility index (Phi) is 9.06. The van der Waals surface area contributed by atoms with Crippen LogP contribution in [-0.4, -0.2) is 4.57 Å². The summed E-state index contributed by atoms with van der Waals surface area (Å²) in [6.45, 7) is 0. The van der Waals surface area contributed by atoms with Crippen molar-refractivity contribution in [3.8, 4) is 50.2 Å². The first kappa shape index (κ1) is 36.8. The van der Waals surface area contributed by atoms with Crippen molar-refractivity contribution in [3.05, 3.63) is 243 Å². The number of rotatable bonds is 8. The van der Waals surface area contributed by atoms with Crippen LogP contribution in [0, 0.1) is 0 Å². The fraction of sp³-hybridized carbons (Fsp3) is 0. The summed E-state index contributed by atoms with van der Waals surface area (Å²) in [4.78, 5) is 2.41. The van der Waals surface area contributed by atoms with Crippen molar-refractivity contribution in [2.75, 3.05) is 4.90 Å². The van der Waals surface area contributed by atoms with Gasteiger partial charge in [-0.2, -0.15) is 0 Å². The van der Waals surface area contributed by atoms with Crippen LogP contribution in [0.3, 0.4) is 0 Å². The second-order valence-electron chi connectivity index (χ2n) is 16.1. The molecule has 0 atom stereocenters. The predicted octanol–water partition coefficient (Wildman–Crippen LogP) is 17.3. The average molecular weight is 821 g/mol. The lowest BCUT2D eigenvalue weighted by atomic mass is 9.97. The first-order valence-corrected chi connectivity index (χ1v) is 22.3. The fourth-order valence-electron chi connectivity index (χ4n) is 9.45. The Morgan fingerprint density at radius 3 is 1.65 bits per heavy atom. The highest BCUT2D eigenvalue weighted by molar-refractivity contribution is 7.25. The summed E-state index contributed by atoms with van der Waals surface area (Å²) < 4.78 is 5.06. The summed E-state index contributed by atoms with van der Waals surface area (Å²) in [5, 5.41) is 5.12. The summed E-state index contributed by atoms with van der Waals surface area (Å²) in [5.74, 6) is 0. The zero-order valence-electron chi connectivity index (χ0n) is 34.4. The van der Waals surface area contributed by atoms with E-state index in [2.05, 4.69) is 252 Å². The van der Waals surface area contributed by atoms with Gasteiger partial charge in [-0.25, -0.2) is 0 Å². The molecule has 0 unspecified atom stereocenters. The van der Waals surface area contributed by atoms with Gasteiger partial charge in [0.1, 0.15) is 0 Å². The minimum Gasteiger partial charge on any atom is -0.310 e. The van der Waals surface area contributed by atoms with Gasteiger partial charge in [-0.15, -0.1) is 11.3 Å². The number of fused-ring (bicyclic) bond motifs is 6. The third kappa shape index (κ3) is 6.50. The Morgan fingerprint density at radius 1 is 0.317 bits per heavy atom. The predicted molar refractivity (Wildman–Crippen MR) is 270 cm³/mol. The molecule has 0 bridgehead atoms. The van der Waals surface area contributed by atoms with Gasteiger partial charge < -0.3 is 9.47 Å². The van der Waals surface area contributed by atoms with E-state index in [1.165, 1.54) is 92.2 Å². The molecule has 2 aromatic heterocycles. The highest BCUT2D eigenvalue weighted by Gasteiger charge is 2.21. The molecule has 0 saturated heterocycles. The minimum atomic E-state index is 1.09. The molecule has 12 aromatic rings. The molecule has 0 radical (unpaired) electrons. The third-order valence-electron chi connectivity index (χ3n) is 12.4. The van der Waals surface area contributed by atoms with Crippen molar-refractivity contribution in [3.63, 3.8) is 0 Å². The molecule has 0 aliphatic carbocycles. The lowest BCUT2D eigenvalue weighted by molar-refractivity contribution is 1.19. The van der Waals surface area contributed by atoms with Crippen molar-refractivity contribution in [1.82, 2.24) is 4.57 Å². The molecule has 2 heterocycles. The Balaban J connectivity index is 0.990. The molecule has 2 nitrogen and oxygen atoms in total. The van der Waals surface area contributed by atoms with Gasteiger partial charge in [0.05, 0.1) is 16.7 Å². The van der Waals surface area contributed by atoms with Gasteiger partial charge in [0.15, 0.2) is 0 Å². The molecule has 10 aromatic carbocycles. The van der Waals surface area contributed by atoms with Crippen LogP contribution in [0.15, 0.2) is 243 Å². The monoisotopic (exact) mass is 820 g/mol. The minimum absolute atomic E-state index is 1.09. The standard InChI is InChI=1S/C60H40N2S/c1-3-15-41(16-4-1)42-29-31-43(32-30-42)44-33-35-47(36-34-44)61(55-25-10-7-21-50(55)45-17-5-2-6-18-45)48-20-13-19-46(39-48)51-24-14-27-57-60(51)54-23-8-11-26-56(54)62(57)49-37-38-53-52-22-9-12-28-58(52)63-59(53)40-49/h1-40H. The molecule has 296 valence electrons. The molecule has 0 amide bonds. The summed E-state index contributed by atoms with van der Waals surface area (Å²) in [6.07, 6.45) is 0. The first-order chi connectivity index (χ1) is 31.2. The van der Waals surface area contributed by atoms with E-state index in [0.29, 0.717) is 0 Å². The van der Waals surface area contributed by atoms with E-state index in [1.54, 1.807) is 0 Å². The smallest absolute Gasteiger partial charge is 0.0547 e. The number of para-hydroxylation sites is 2. The van der Waals surface area contributed by atoms with Crippen LogP contribution in [0.5, 0.6) is 0 Å². The highest BCUT2D eigenvalue weighted by atomic mass is 32.1. The van der Waals surface area contributed by atoms with Gasteiger partial charge in [0.25, 0.3) is 0 Å². The largest absolute Gasteiger partial charge is 0.310 e. The van der Waals surface area contributed by atoms with Crippen LogP contribution in [0.25, 0.3) is 92.2 Å². The fourth-order valence-corrected chi connectivity index (χ4v) is 10.6. The number of thiophene rings is 1. The van der Waals surface area contributed by atoms with Gasteiger partial charge in [-0.1, -0.05) is 182 Å². The van der Waals surface area contributed by atoms with E-state index in [1.807, 2.05) is 11.3 Å². The van der Waals surface area contributed by atoms with Crippen LogP contribution >= 0.6 is 11.3 Å². The molecule has 0 saturated carbocycles. The Hall–Kier alpha value is -7.98. The van der Waals surface area contributed by atoms with Gasteiger partial charge >= 0.3 is 0 Å². The van der Waals surface area contributed by atoms with Gasteiger partial charge in [0, 0.05) is 53.6 Å². The highest BCUT2D eigenvalue weighted by Crippen LogP contribution is 2.45. The van der Waals surface area contributed by atoms with Crippen molar-refractivity contribution in [2.24, 2.45) is 0 Å². The van der Waals surface area contributed by atoms with Crippen molar-refractivity contribution < 1.29 is 0 Å². The first-order valence-electron chi connectivity index (χ1n) is 21.5. The normalized spacial score (nSPS) is 11.5. The molecular formula is C60H40N2S. The molecular weight excluding hydrogens is 781 g/mol. The van der Waals surface area contributed by atoms with Crippen molar-refractivity contribution in [2.45, 2.75) is 0 Å². The van der Waals surface area contributed by atoms with Crippen LogP contribution in [-0.2, 0) is 0 Å². The number of anilines is 3. The topological polar surface area (TPSA) is 8.17 Å². The third-order valence-corrected chi connectivity index (χ3v) is 13.5. The zero-order chi connectivity index (χ0) is 41.7. The van der Waals surface area contributed by atoms with E-state index in [-0.39, 0.29) is 0 Å². The van der Waals surface area contributed by atoms with E-state index >= 15 is 0 Å². The number of hydrogen-bond acceptors (Lipinski definition) is 2. The summed E-state index contributed by atoms with van der Waals surface area (Å²) in [5.41, 5.74) is 16.4. The maximum Gasteiger partial charge on any atom is 0.0547 e. The van der Waals surface area contributed by atoms with E-state index in [0.717, 1.165) is 17.1 Å². The molecule has 0 aliphatic rings. The maximum absolute atomic E-state index is 2.45. The van der Waals surface area contributed by atoms with Crippen LogP contribution in [0.2, 0.25) is 0 Å². The Bertz CT molecular complexity index is 3600. The molecule has 12 rings (SSSR count). The molecule has 63 heavy (non-hydrogen) atoms. The van der Waals surface area contributed by atoms with Crippen LogP contribution in [0.4, 0.5) is 17.1 Å². The summed E-state index contributed by atoms with van der Waals surface area (Å²) in [7, 11) is 0. The summed E-state index contributed by atoms with van der Waals surface area (Å²) >= 11 is 1.87. The number of aromatic nitrogens is 1. The van der Waals surface area contributed by atoms with E-state index in [4.69, 9.17) is 0 Å². The Morgan fingerprint density at radius 2 is 0.873 bits per heavy atom. The molecule has 0 aliphatic heterocycles. The van der Waals surface area contributed by atoms with E-state index in [9.17, 15) is 0 Å². The van der Waals surface area contributed by atoms with Gasteiger partial charge in [0.2, 0.25) is 0 Å². The SMILES string of the molecule is c1ccc(-c2ccc(-c3ccc(N(c4cccc(-c5cccc6c5c5ccccc5n6-c5ccc6c(c5)sc5ccccc56)c4)c4ccccc4-c4ccccc4)cc3)cc2)cc1. The van der Waals surface area contributed by atoms with Crippen LogP contribution < -0.4 is 4.90 Å². The molecule has 0 spiro atoms. The summed E-state index contributed by atoms with van der Waals surface area (Å²) in [6, 6.07) is 88.3. The maximum atomic E-state index is 2.45. The van der Waals surface area contributed by atoms with Crippen LogP contribution in [0.1, 0.15) is 0 Å². The second kappa shape index (κ2) is 15.5. The lowest BCUT2D eigenvalue weighted by Crippen LogP contribution is -2.11. The molecule has 0 N–H and O–H groups in total. The van der Waals surface area contributed by atoms with Crippen molar-refractivity contribution in [1.29, 1.82) is 0 Å². The quantitative estimate of drug-likeness (QED) is 0.148.